The molecule has 18 heavy (non-hydrogen) atoms. The van der Waals surface area contributed by atoms with Crippen LogP contribution in [0.25, 0.3) is 11.3 Å². The summed E-state index contributed by atoms with van der Waals surface area (Å²) in [5.41, 5.74) is 8.01. The van der Waals surface area contributed by atoms with E-state index in [1.165, 1.54) is 0 Å². The highest BCUT2D eigenvalue weighted by Crippen LogP contribution is 2.21. The van der Waals surface area contributed by atoms with Crippen molar-refractivity contribution in [1.29, 1.82) is 0 Å². The smallest absolute Gasteiger partial charge is 0.159 e. The van der Waals surface area contributed by atoms with Gasteiger partial charge in [0.25, 0.3) is 0 Å². The fourth-order valence-corrected chi connectivity index (χ4v) is 1.88. The van der Waals surface area contributed by atoms with Gasteiger partial charge in [0.05, 0.1) is 5.69 Å². The second-order valence-corrected chi connectivity index (χ2v) is 4.93. The van der Waals surface area contributed by atoms with Gasteiger partial charge in [0.2, 0.25) is 0 Å². The van der Waals surface area contributed by atoms with E-state index in [4.69, 9.17) is 5.73 Å². The van der Waals surface area contributed by atoms with Crippen molar-refractivity contribution in [3.8, 4) is 11.3 Å². The second kappa shape index (κ2) is 5.56. The van der Waals surface area contributed by atoms with Gasteiger partial charge in [0.15, 0.2) is 5.82 Å². The van der Waals surface area contributed by atoms with Crippen LogP contribution in [0.1, 0.15) is 17.6 Å². The van der Waals surface area contributed by atoms with Crippen LogP contribution < -0.4 is 5.73 Å². The largest absolute Gasteiger partial charge is 0.384 e. The number of halogens is 1. The van der Waals surface area contributed by atoms with Crippen LogP contribution >= 0.6 is 15.9 Å². The number of aliphatic hydroxyl groups excluding tert-OH is 1. The van der Waals surface area contributed by atoms with Gasteiger partial charge in [-0.3, -0.25) is 0 Å². The zero-order valence-electron chi connectivity index (χ0n) is 9.97. The number of hydrogen-bond acceptors (Lipinski definition) is 4. The molecule has 0 saturated carbocycles. The fraction of sp³-hybridized carbons (Fsp3) is 0.231. The van der Waals surface area contributed by atoms with E-state index in [0.29, 0.717) is 5.82 Å². The molecule has 0 radical (unpaired) electrons. The summed E-state index contributed by atoms with van der Waals surface area (Å²) >= 11 is 3.39. The van der Waals surface area contributed by atoms with Gasteiger partial charge in [-0.15, -0.1) is 0 Å². The van der Waals surface area contributed by atoms with Crippen molar-refractivity contribution in [2.75, 3.05) is 6.54 Å². The van der Waals surface area contributed by atoms with Crippen molar-refractivity contribution in [1.82, 2.24) is 9.97 Å². The van der Waals surface area contributed by atoms with Crippen molar-refractivity contribution in [2.24, 2.45) is 5.73 Å². The van der Waals surface area contributed by atoms with Crippen LogP contribution in [0.4, 0.5) is 0 Å². The second-order valence-electron chi connectivity index (χ2n) is 4.01. The molecule has 0 aliphatic rings. The molecule has 1 aromatic carbocycles. The zero-order chi connectivity index (χ0) is 13.1. The van der Waals surface area contributed by atoms with Gasteiger partial charge in [-0.2, -0.15) is 0 Å². The summed E-state index contributed by atoms with van der Waals surface area (Å²) in [6.07, 6.45) is -0.820. The number of aliphatic hydroxyl groups is 1. The molecule has 4 nitrogen and oxygen atoms in total. The number of hydrogen-bond donors (Lipinski definition) is 2. The van der Waals surface area contributed by atoms with Crippen molar-refractivity contribution in [3.05, 3.63) is 46.3 Å². The third-order valence-corrected chi connectivity index (χ3v) is 3.06. The van der Waals surface area contributed by atoms with Crippen LogP contribution in [0, 0.1) is 6.92 Å². The van der Waals surface area contributed by atoms with E-state index in [9.17, 15) is 5.11 Å². The van der Waals surface area contributed by atoms with Crippen molar-refractivity contribution in [3.63, 3.8) is 0 Å². The lowest BCUT2D eigenvalue weighted by atomic mass is 10.1. The molecule has 5 heteroatoms. The molecular formula is C13H14BrN3O. The molecule has 0 amide bonds. The van der Waals surface area contributed by atoms with Gasteiger partial charge >= 0.3 is 0 Å². The maximum absolute atomic E-state index is 9.71. The molecule has 2 rings (SSSR count). The highest BCUT2D eigenvalue weighted by molar-refractivity contribution is 9.10. The first-order valence-corrected chi connectivity index (χ1v) is 6.39. The Hall–Kier alpha value is -1.30. The molecule has 1 aromatic heterocycles. The SMILES string of the molecule is Cc1cc(-c2ccc(Br)cc2)nc(C(O)CN)n1. The third kappa shape index (κ3) is 2.93. The summed E-state index contributed by atoms with van der Waals surface area (Å²) < 4.78 is 1.01. The molecular weight excluding hydrogens is 294 g/mol. The van der Waals surface area contributed by atoms with E-state index in [1.54, 1.807) is 0 Å². The summed E-state index contributed by atoms with van der Waals surface area (Å²) in [5, 5.41) is 9.71. The van der Waals surface area contributed by atoms with Gasteiger partial charge in [-0.05, 0) is 25.1 Å². The van der Waals surface area contributed by atoms with Crippen molar-refractivity contribution < 1.29 is 5.11 Å². The molecule has 0 aliphatic carbocycles. The Morgan fingerprint density at radius 1 is 1.28 bits per heavy atom. The van der Waals surface area contributed by atoms with Crippen LogP contribution in [0.2, 0.25) is 0 Å². The number of rotatable bonds is 3. The quantitative estimate of drug-likeness (QED) is 0.912. The van der Waals surface area contributed by atoms with Gasteiger partial charge in [-0.1, -0.05) is 28.1 Å². The molecule has 0 saturated heterocycles. The molecule has 0 spiro atoms. The molecule has 2 aromatic rings. The predicted molar refractivity (Wildman–Crippen MR) is 73.9 cm³/mol. The molecule has 1 heterocycles. The van der Waals surface area contributed by atoms with Crippen molar-refractivity contribution in [2.45, 2.75) is 13.0 Å². The van der Waals surface area contributed by atoms with E-state index in [0.717, 1.165) is 21.4 Å². The van der Waals surface area contributed by atoms with Gasteiger partial charge in [-0.25, -0.2) is 9.97 Å². The third-order valence-electron chi connectivity index (χ3n) is 2.53. The van der Waals surface area contributed by atoms with E-state index >= 15 is 0 Å². The highest BCUT2D eigenvalue weighted by atomic mass is 79.9. The maximum atomic E-state index is 9.71. The first kappa shape index (κ1) is 13.1. The Morgan fingerprint density at radius 3 is 2.56 bits per heavy atom. The number of nitrogens with zero attached hydrogens (tertiary/aromatic N) is 2. The van der Waals surface area contributed by atoms with Gasteiger partial charge in [0, 0.05) is 22.3 Å². The van der Waals surface area contributed by atoms with Crippen LogP contribution in [0.3, 0.4) is 0 Å². The summed E-state index contributed by atoms with van der Waals surface area (Å²) in [5.74, 6) is 0.371. The summed E-state index contributed by atoms with van der Waals surface area (Å²) in [6.45, 7) is 1.99. The molecule has 0 aliphatic heterocycles. The lowest BCUT2D eigenvalue weighted by molar-refractivity contribution is 0.176. The number of benzene rings is 1. The summed E-state index contributed by atoms with van der Waals surface area (Å²) in [4.78, 5) is 8.55. The first-order chi connectivity index (χ1) is 8.60. The first-order valence-electron chi connectivity index (χ1n) is 5.60. The topological polar surface area (TPSA) is 72.0 Å². The van der Waals surface area contributed by atoms with E-state index < -0.39 is 6.10 Å². The normalized spacial score (nSPS) is 12.4. The summed E-state index contributed by atoms with van der Waals surface area (Å²) in [7, 11) is 0. The minimum Gasteiger partial charge on any atom is -0.384 e. The molecule has 0 fully saturated rings. The predicted octanol–water partition coefficient (Wildman–Crippen LogP) is 2.21. The molecule has 1 unspecified atom stereocenters. The van der Waals surface area contributed by atoms with Crippen LogP contribution in [-0.2, 0) is 0 Å². The standard InChI is InChI=1S/C13H14BrN3O/c1-8-6-11(9-2-4-10(14)5-3-9)17-13(16-8)12(18)7-15/h2-6,12,18H,7,15H2,1H3. The maximum Gasteiger partial charge on any atom is 0.159 e. The lowest BCUT2D eigenvalue weighted by Crippen LogP contribution is -2.15. The Balaban J connectivity index is 2.44. The fourth-order valence-electron chi connectivity index (χ4n) is 1.61. The zero-order valence-corrected chi connectivity index (χ0v) is 11.6. The minimum atomic E-state index is -0.820. The van der Waals surface area contributed by atoms with E-state index in [2.05, 4.69) is 25.9 Å². The highest BCUT2D eigenvalue weighted by Gasteiger charge is 2.11. The van der Waals surface area contributed by atoms with E-state index in [1.807, 2.05) is 37.3 Å². The Kier molecular flexibility index (Phi) is 4.06. The number of aryl methyl sites for hydroxylation is 1. The van der Waals surface area contributed by atoms with E-state index in [-0.39, 0.29) is 6.54 Å². The molecule has 94 valence electrons. The van der Waals surface area contributed by atoms with Crippen molar-refractivity contribution >= 4 is 15.9 Å². The number of aromatic nitrogens is 2. The van der Waals surface area contributed by atoms with Gasteiger partial charge in [0.1, 0.15) is 6.10 Å². The Labute approximate surface area is 114 Å². The molecule has 1 atom stereocenters. The molecule has 0 bridgehead atoms. The Bertz CT molecular complexity index is 542. The van der Waals surface area contributed by atoms with Crippen LogP contribution in [-0.4, -0.2) is 21.6 Å². The summed E-state index contributed by atoms with van der Waals surface area (Å²) in [6, 6.07) is 9.71. The molecule has 3 N–H and O–H groups in total. The van der Waals surface area contributed by atoms with Gasteiger partial charge < -0.3 is 10.8 Å². The minimum absolute atomic E-state index is 0.114. The van der Waals surface area contributed by atoms with Crippen LogP contribution in [0.5, 0.6) is 0 Å². The Morgan fingerprint density at radius 2 is 1.94 bits per heavy atom. The number of nitrogens with two attached hydrogens (primary N) is 1. The lowest BCUT2D eigenvalue weighted by Gasteiger charge is -2.09. The monoisotopic (exact) mass is 307 g/mol. The average molecular weight is 308 g/mol. The average Bonchev–Trinajstić information content (AvgIpc) is 2.38. The van der Waals surface area contributed by atoms with Crippen LogP contribution in [0.15, 0.2) is 34.8 Å².